The van der Waals surface area contributed by atoms with Crippen molar-refractivity contribution in [2.75, 3.05) is 0 Å². The molecule has 2 nitrogen and oxygen atoms in total. The Morgan fingerprint density at radius 3 is 1.50 bits per heavy atom. The normalized spacial score (nSPS) is 27.8. The van der Waals surface area contributed by atoms with Crippen LogP contribution in [0.1, 0.15) is 89.9 Å². The van der Waals surface area contributed by atoms with E-state index in [1.54, 1.807) is 0 Å². The van der Waals surface area contributed by atoms with Gasteiger partial charge in [-0.2, -0.15) is 0 Å². The first-order valence-electron chi connectivity index (χ1n) is 8.92. The third kappa shape index (κ3) is 5.03. The molecule has 0 aromatic rings. The summed E-state index contributed by atoms with van der Waals surface area (Å²) in [7, 11) is 0. The number of hydrogen-bond donors (Lipinski definition) is 2. The summed E-state index contributed by atoms with van der Waals surface area (Å²) < 4.78 is 0. The van der Waals surface area contributed by atoms with E-state index in [0.717, 1.165) is 24.3 Å². The van der Waals surface area contributed by atoms with Gasteiger partial charge in [-0.15, -0.1) is 0 Å². The van der Waals surface area contributed by atoms with Crippen molar-refractivity contribution in [3.8, 4) is 0 Å². The van der Waals surface area contributed by atoms with Crippen LogP contribution in [-0.2, 0) is 0 Å². The first-order valence-corrected chi connectivity index (χ1v) is 8.92. The fourth-order valence-electron chi connectivity index (χ4n) is 3.94. The van der Waals surface area contributed by atoms with Crippen LogP contribution in [-0.4, -0.2) is 11.4 Å². The Morgan fingerprint density at radius 1 is 0.650 bits per heavy atom. The second-order valence-electron chi connectivity index (χ2n) is 6.93. The quantitative estimate of drug-likeness (QED) is 0.556. The van der Waals surface area contributed by atoms with Crippen molar-refractivity contribution in [3.63, 3.8) is 0 Å². The number of nitrogens with one attached hydrogen (secondary N) is 2. The van der Waals surface area contributed by atoms with Crippen molar-refractivity contribution in [2.45, 2.75) is 89.9 Å². The van der Waals surface area contributed by atoms with Crippen LogP contribution in [0.2, 0.25) is 0 Å². The zero-order chi connectivity index (χ0) is 14.2. The maximum absolute atomic E-state index is 7.99. The topological polar surface area (TPSA) is 47.7 Å². The zero-order valence-corrected chi connectivity index (χ0v) is 13.1. The second-order valence-corrected chi connectivity index (χ2v) is 6.93. The Labute approximate surface area is 124 Å². The molecule has 2 rings (SSSR count). The van der Waals surface area contributed by atoms with Crippen molar-refractivity contribution < 1.29 is 0 Å². The van der Waals surface area contributed by atoms with Gasteiger partial charge >= 0.3 is 0 Å². The van der Waals surface area contributed by atoms with E-state index in [-0.39, 0.29) is 0 Å². The van der Waals surface area contributed by atoms with Crippen molar-refractivity contribution in [3.05, 3.63) is 0 Å². The Bertz CT molecular complexity index is 289. The highest BCUT2D eigenvalue weighted by Crippen LogP contribution is 2.27. The lowest BCUT2D eigenvalue weighted by molar-refractivity contribution is 0.445. The van der Waals surface area contributed by atoms with Crippen LogP contribution >= 0.6 is 0 Å². The highest BCUT2D eigenvalue weighted by molar-refractivity contribution is 5.84. The predicted octanol–water partition coefficient (Wildman–Crippen LogP) is 5.75. The Balaban J connectivity index is 1.49. The summed E-state index contributed by atoms with van der Waals surface area (Å²) in [4.78, 5) is 0. The maximum atomic E-state index is 7.99. The Kier molecular flexibility index (Phi) is 6.75. The van der Waals surface area contributed by atoms with Crippen LogP contribution in [0.5, 0.6) is 0 Å². The second kappa shape index (κ2) is 8.59. The SMILES string of the molecule is N=C1CCCCC1CCCCCCC1CCCCC1=N. The summed E-state index contributed by atoms with van der Waals surface area (Å²) in [6, 6.07) is 0. The molecule has 0 spiro atoms. The van der Waals surface area contributed by atoms with Crippen molar-refractivity contribution in [1.82, 2.24) is 0 Å². The fraction of sp³-hybridized carbons (Fsp3) is 0.889. The third-order valence-corrected chi connectivity index (χ3v) is 5.34. The molecule has 2 heteroatoms. The zero-order valence-electron chi connectivity index (χ0n) is 13.1. The lowest BCUT2D eigenvalue weighted by Crippen LogP contribution is -2.18. The van der Waals surface area contributed by atoms with Gasteiger partial charge in [-0.3, -0.25) is 0 Å². The molecule has 0 saturated heterocycles. The lowest BCUT2D eigenvalue weighted by atomic mass is 9.83. The van der Waals surface area contributed by atoms with Crippen LogP contribution in [0.25, 0.3) is 0 Å². The van der Waals surface area contributed by atoms with Crippen LogP contribution < -0.4 is 0 Å². The van der Waals surface area contributed by atoms with Crippen molar-refractivity contribution in [2.24, 2.45) is 11.8 Å². The molecule has 0 aromatic carbocycles. The van der Waals surface area contributed by atoms with E-state index in [4.69, 9.17) is 10.8 Å². The molecule has 0 aromatic heterocycles. The largest absolute Gasteiger partial charge is 0.309 e. The Morgan fingerprint density at radius 2 is 1.10 bits per heavy atom. The van der Waals surface area contributed by atoms with E-state index in [9.17, 15) is 0 Å². The van der Waals surface area contributed by atoms with Crippen LogP contribution in [0.15, 0.2) is 0 Å². The molecule has 2 fully saturated rings. The molecule has 2 N–H and O–H groups in total. The molecule has 0 aliphatic heterocycles. The van der Waals surface area contributed by atoms with Crippen LogP contribution in [0.4, 0.5) is 0 Å². The monoisotopic (exact) mass is 276 g/mol. The fourth-order valence-corrected chi connectivity index (χ4v) is 3.94. The molecule has 2 saturated carbocycles. The molecular formula is C18H32N2. The summed E-state index contributed by atoms with van der Waals surface area (Å²) in [5.41, 5.74) is 2.07. The molecule has 0 heterocycles. The number of hydrogen-bond acceptors (Lipinski definition) is 2. The van der Waals surface area contributed by atoms with Gasteiger partial charge in [-0.25, -0.2) is 0 Å². The van der Waals surface area contributed by atoms with Gasteiger partial charge in [0.25, 0.3) is 0 Å². The van der Waals surface area contributed by atoms with E-state index in [2.05, 4.69) is 0 Å². The van der Waals surface area contributed by atoms with Gasteiger partial charge in [0.15, 0.2) is 0 Å². The van der Waals surface area contributed by atoms with E-state index in [0.29, 0.717) is 11.8 Å². The standard InChI is InChI=1S/C18H32N2/c19-17-13-7-5-11-15(17)9-3-1-2-4-10-16-12-6-8-14-18(16)20/h15-16,19-20H,1-14H2. The summed E-state index contributed by atoms with van der Waals surface area (Å²) in [6.07, 6.45) is 17.7. The van der Waals surface area contributed by atoms with Crippen LogP contribution in [0, 0.1) is 22.7 Å². The Hall–Kier alpha value is -0.660. The molecular weight excluding hydrogens is 244 g/mol. The maximum Gasteiger partial charge on any atom is 0.0120 e. The molecule has 2 atom stereocenters. The van der Waals surface area contributed by atoms with E-state index < -0.39 is 0 Å². The average Bonchev–Trinajstić information content (AvgIpc) is 2.46. The van der Waals surface area contributed by atoms with Gasteiger partial charge in [0.1, 0.15) is 0 Å². The molecule has 0 bridgehead atoms. The molecule has 0 amide bonds. The minimum atomic E-state index is 0.621. The molecule has 0 radical (unpaired) electrons. The number of unbranched alkanes of at least 4 members (excludes halogenated alkanes) is 3. The van der Waals surface area contributed by atoms with Gasteiger partial charge in [-0.1, -0.05) is 38.5 Å². The summed E-state index contributed by atoms with van der Waals surface area (Å²) in [6.45, 7) is 0. The minimum Gasteiger partial charge on any atom is -0.309 e. The highest BCUT2D eigenvalue weighted by atomic mass is 14.5. The average molecular weight is 276 g/mol. The smallest absolute Gasteiger partial charge is 0.0120 e. The summed E-state index contributed by atoms with van der Waals surface area (Å²) in [5.74, 6) is 1.24. The molecule has 2 aliphatic carbocycles. The predicted molar refractivity (Wildman–Crippen MR) is 87.1 cm³/mol. The van der Waals surface area contributed by atoms with Crippen LogP contribution in [0.3, 0.4) is 0 Å². The van der Waals surface area contributed by atoms with E-state index in [1.807, 2.05) is 0 Å². The molecule has 20 heavy (non-hydrogen) atoms. The van der Waals surface area contributed by atoms with Gasteiger partial charge in [0.05, 0.1) is 0 Å². The first-order chi connectivity index (χ1) is 9.77. The van der Waals surface area contributed by atoms with Gasteiger partial charge in [-0.05, 0) is 63.2 Å². The van der Waals surface area contributed by atoms with Gasteiger partial charge in [0, 0.05) is 11.4 Å². The lowest BCUT2D eigenvalue weighted by Gasteiger charge is -2.23. The third-order valence-electron chi connectivity index (χ3n) is 5.34. The van der Waals surface area contributed by atoms with E-state index >= 15 is 0 Å². The van der Waals surface area contributed by atoms with Crippen molar-refractivity contribution >= 4 is 11.4 Å². The van der Waals surface area contributed by atoms with Gasteiger partial charge < -0.3 is 10.8 Å². The molecule has 114 valence electrons. The highest BCUT2D eigenvalue weighted by Gasteiger charge is 2.19. The van der Waals surface area contributed by atoms with Gasteiger partial charge in [0.2, 0.25) is 0 Å². The van der Waals surface area contributed by atoms with Crippen molar-refractivity contribution in [1.29, 1.82) is 10.8 Å². The summed E-state index contributed by atoms with van der Waals surface area (Å²) in [5, 5.41) is 16.0. The first kappa shape index (κ1) is 15.7. The van der Waals surface area contributed by atoms with E-state index in [1.165, 1.54) is 77.0 Å². The molecule has 2 aliphatic rings. The summed E-state index contributed by atoms with van der Waals surface area (Å²) >= 11 is 0. The molecule has 2 unspecified atom stereocenters. The minimum absolute atomic E-state index is 0.621. The number of rotatable bonds is 7.